The Morgan fingerprint density at radius 1 is 1.31 bits per heavy atom. The molecule has 0 unspecified atom stereocenters. The predicted molar refractivity (Wildman–Crippen MR) is 65.9 cm³/mol. The van der Waals surface area contributed by atoms with Gasteiger partial charge < -0.3 is 15.2 Å². The van der Waals surface area contributed by atoms with Crippen molar-refractivity contribution in [2.75, 3.05) is 0 Å². The molecule has 0 atom stereocenters. The molecule has 0 saturated heterocycles. The van der Waals surface area contributed by atoms with Crippen molar-refractivity contribution in [3.8, 4) is 5.75 Å². The molecule has 1 heterocycles. The molecule has 2 aromatic rings. The predicted octanol–water partition coefficient (Wildman–Crippen LogP) is 1.54. The number of carboxylic acids is 1. The van der Waals surface area contributed by atoms with E-state index in [4.69, 9.17) is 5.11 Å². The van der Waals surface area contributed by atoms with Gasteiger partial charge in [-0.05, 0) is 40.8 Å². The fraction of sp³-hybridized carbons (Fsp3) is 0. The first kappa shape index (κ1) is 10.9. The Labute approximate surface area is 103 Å². The van der Waals surface area contributed by atoms with Crippen LogP contribution in [0, 0.1) is 3.57 Å². The van der Waals surface area contributed by atoms with Crippen LogP contribution in [0.5, 0.6) is 5.75 Å². The van der Waals surface area contributed by atoms with Crippen LogP contribution in [0.4, 0.5) is 0 Å². The summed E-state index contributed by atoms with van der Waals surface area (Å²) < 4.78 is 0.808. The quantitative estimate of drug-likeness (QED) is 0.692. The van der Waals surface area contributed by atoms with Gasteiger partial charge in [0.05, 0.1) is 5.39 Å². The highest BCUT2D eigenvalue weighted by Gasteiger charge is 2.15. The third kappa shape index (κ3) is 1.64. The second-order valence-corrected chi connectivity index (χ2v) is 4.42. The minimum absolute atomic E-state index is 0.244. The van der Waals surface area contributed by atoms with Crippen molar-refractivity contribution in [1.29, 1.82) is 0 Å². The van der Waals surface area contributed by atoms with Crippen LogP contribution in [0.1, 0.15) is 10.5 Å². The number of aromatic amines is 1. The Hall–Kier alpha value is -1.57. The number of rotatable bonds is 1. The van der Waals surface area contributed by atoms with E-state index in [0.29, 0.717) is 0 Å². The van der Waals surface area contributed by atoms with Crippen molar-refractivity contribution in [3.05, 3.63) is 37.8 Å². The maximum absolute atomic E-state index is 11.5. The SMILES string of the molecule is O=C(O)c1[nH]c(=O)c2ccc(I)cc2c1O. The van der Waals surface area contributed by atoms with Crippen LogP contribution < -0.4 is 5.56 Å². The lowest BCUT2D eigenvalue weighted by Crippen LogP contribution is -2.13. The van der Waals surface area contributed by atoms with Gasteiger partial charge in [-0.15, -0.1) is 0 Å². The van der Waals surface area contributed by atoms with E-state index in [2.05, 4.69) is 4.98 Å². The summed E-state index contributed by atoms with van der Waals surface area (Å²) in [7, 11) is 0. The van der Waals surface area contributed by atoms with Gasteiger partial charge in [-0.1, -0.05) is 0 Å². The van der Waals surface area contributed by atoms with Crippen molar-refractivity contribution in [2.45, 2.75) is 0 Å². The van der Waals surface area contributed by atoms with Crippen LogP contribution in [0.3, 0.4) is 0 Å². The normalized spacial score (nSPS) is 10.6. The molecule has 5 nitrogen and oxygen atoms in total. The average molecular weight is 331 g/mol. The zero-order valence-corrected chi connectivity index (χ0v) is 9.98. The van der Waals surface area contributed by atoms with Crippen LogP contribution in [0.25, 0.3) is 10.8 Å². The number of aromatic nitrogens is 1. The molecule has 0 aliphatic carbocycles. The highest BCUT2D eigenvalue weighted by atomic mass is 127. The van der Waals surface area contributed by atoms with E-state index in [1.54, 1.807) is 18.2 Å². The number of aromatic hydroxyl groups is 1. The van der Waals surface area contributed by atoms with Crippen LogP contribution >= 0.6 is 22.6 Å². The number of carboxylic acid groups (broad SMARTS) is 1. The first-order valence-electron chi connectivity index (χ1n) is 4.28. The number of H-pyrrole nitrogens is 1. The largest absolute Gasteiger partial charge is 0.505 e. The molecule has 0 aliphatic heterocycles. The lowest BCUT2D eigenvalue weighted by molar-refractivity contribution is 0.0687. The number of aromatic carboxylic acids is 1. The Morgan fingerprint density at radius 2 is 2.00 bits per heavy atom. The van der Waals surface area contributed by atoms with Crippen molar-refractivity contribution >= 4 is 39.3 Å². The van der Waals surface area contributed by atoms with Gasteiger partial charge in [0.1, 0.15) is 0 Å². The lowest BCUT2D eigenvalue weighted by atomic mass is 10.1. The Balaban J connectivity index is 2.97. The highest BCUT2D eigenvalue weighted by Crippen LogP contribution is 2.26. The van der Waals surface area contributed by atoms with Gasteiger partial charge in [-0.3, -0.25) is 4.79 Å². The van der Waals surface area contributed by atoms with E-state index in [1.165, 1.54) is 0 Å². The monoisotopic (exact) mass is 331 g/mol. The molecule has 6 heteroatoms. The summed E-state index contributed by atoms with van der Waals surface area (Å²) in [5.74, 6) is -1.78. The van der Waals surface area contributed by atoms with E-state index in [0.717, 1.165) is 3.57 Å². The number of nitrogens with one attached hydrogen (secondary N) is 1. The van der Waals surface area contributed by atoms with Gasteiger partial charge >= 0.3 is 5.97 Å². The second kappa shape index (κ2) is 3.78. The molecule has 0 amide bonds. The fourth-order valence-electron chi connectivity index (χ4n) is 1.44. The Kier molecular flexibility index (Phi) is 2.58. The standard InChI is InChI=1S/C10H6INO4/c11-4-1-2-5-6(3-4)8(13)7(10(15)16)12-9(5)14/h1-3,13H,(H,12,14)(H,15,16). The minimum atomic E-state index is -1.37. The average Bonchev–Trinajstić information content (AvgIpc) is 2.22. The van der Waals surface area contributed by atoms with E-state index in [1.807, 2.05) is 22.6 Å². The van der Waals surface area contributed by atoms with Crippen molar-refractivity contribution in [3.63, 3.8) is 0 Å². The molecule has 16 heavy (non-hydrogen) atoms. The van der Waals surface area contributed by atoms with Crippen LogP contribution in [-0.2, 0) is 0 Å². The second-order valence-electron chi connectivity index (χ2n) is 3.17. The summed E-state index contributed by atoms with van der Waals surface area (Å²) in [5.41, 5.74) is -1.01. The molecule has 0 spiro atoms. The van der Waals surface area contributed by atoms with Gasteiger partial charge in [-0.25, -0.2) is 4.79 Å². The highest BCUT2D eigenvalue weighted by molar-refractivity contribution is 14.1. The maximum atomic E-state index is 11.5. The van der Waals surface area contributed by atoms with Gasteiger partial charge in [0, 0.05) is 8.96 Å². The molecular formula is C10H6INO4. The van der Waals surface area contributed by atoms with Gasteiger partial charge in [-0.2, -0.15) is 0 Å². The molecule has 3 N–H and O–H groups in total. The number of hydrogen-bond acceptors (Lipinski definition) is 3. The van der Waals surface area contributed by atoms with E-state index in [-0.39, 0.29) is 10.8 Å². The molecule has 0 radical (unpaired) electrons. The summed E-state index contributed by atoms with van der Waals surface area (Å²) in [6.07, 6.45) is 0. The van der Waals surface area contributed by atoms with Crippen molar-refractivity contribution in [2.24, 2.45) is 0 Å². The maximum Gasteiger partial charge on any atom is 0.356 e. The number of pyridine rings is 1. The van der Waals surface area contributed by atoms with Crippen molar-refractivity contribution in [1.82, 2.24) is 4.98 Å². The first-order chi connectivity index (χ1) is 7.50. The minimum Gasteiger partial charge on any atom is -0.505 e. The first-order valence-corrected chi connectivity index (χ1v) is 5.36. The fourth-order valence-corrected chi connectivity index (χ4v) is 1.93. The number of halogens is 1. The van der Waals surface area contributed by atoms with Crippen LogP contribution in [-0.4, -0.2) is 21.2 Å². The summed E-state index contributed by atoms with van der Waals surface area (Å²) in [6.45, 7) is 0. The molecule has 0 saturated carbocycles. The zero-order valence-electron chi connectivity index (χ0n) is 7.82. The molecule has 82 valence electrons. The number of carbonyl (C=O) groups is 1. The van der Waals surface area contributed by atoms with E-state index < -0.39 is 23.0 Å². The number of hydrogen-bond donors (Lipinski definition) is 3. The zero-order chi connectivity index (χ0) is 11.9. The smallest absolute Gasteiger partial charge is 0.356 e. The summed E-state index contributed by atoms with van der Waals surface area (Å²) in [5, 5.41) is 19.0. The van der Waals surface area contributed by atoms with Gasteiger partial charge in [0.25, 0.3) is 5.56 Å². The third-order valence-electron chi connectivity index (χ3n) is 2.17. The van der Waals surface area contributed by atoms with E-state index >= 15 is 0 Å². The third-order valence-corrected chi connectivity index (χ3v) is 2.84. The molecule has 0 fully saturated rings. The summed E-state index contributed by atoms with van der Waals surface area (Å²) in [4.78, 5) is 24.4. The molecule has 2 rings (SSSR count). The topological polar surface area (TPSA) is 90.4 Å². The van der Waals surface area contributed by atoms with Crippen LogP contribution in [0.15, 0.2) is 23.0 Å². The number of fused-ring (bicyclic) bond motifs is 1. The Morgan fingerprint density at radius 3 is 2.62 bits per heavy atom. The molecule has 0 aliphatic rings. The Bertz CT molecular complexity index is 647. The van der Waals surface area contributed by atoms with Crippen LogP contribution in [0.2, 0.25) is 0 Å². The lowest BCUT2D eigenvalue weighted by Gasteiger charge is -2.04. The van der Waals surface area contributed by atoms with Gasteiger partial charge in [0.15, 0.2) is 11.4 Å². The summed E-state index contributed by atoms with van der Waals surface area (Å²) >= 11 is 2.01. The molecular weight excluding hydrogens is 325 g/mol. The van der Waals surface area contributed by atoms with E-state index in [9.17, 15) is 14.7 Å². The number of benzene rings is 1. The summed E-state index contributed by atoms with van der Waals surface area (Å²) in [6, 6.07) is 4.81. The molecule has 1 aromatic carbocycles. The van der Waals surface area contributed by atoms with Crippen molar-refractivity contribution < 1.29 is 15.0 Å². The van der Waals surface area contributed by atoms with Gasteiger partial charge in [0.2, 0.25) is 0 Å². The molecule has 0 bridgehead atoms. The molecule has 1 aromatic heterocycles.